The third-order valence-electron chi connectivity index (χ3n) is 9.56. The SMILES string of the molecule is C=NC(=NC(=NCc1ccccc1)c1ccccc1)C(/C=C\C)=C/c1ccc2ccc(-c3ccc(C(=NCc4ccccc4)N=C(N=C)c4ccccc4)cc3)cc2c1. The molecule has 0 saturated carbocycles. The number of fused-ring (bicyclic) bond motifs is 1. The van der Waals surface area contributed by atoms with Crippen LogP contribution >= 0.6 is 0 Å². The molecular formula is C53H44N6. The van der Waals surface area contributed by atoms with Gasteiger partial charge < -0.3 is 0 Å². The Balaban J connectivity index is 1.19. The summed E-state index contributed by atoms with van der Waals surface area (Å²) in [6, 6.07) is 61.5. The van der Waals surface area contributed by atoms with E-state index >= 15 is 0 Å². The van der Waals surface area contributed by atoms with Crippen molar-refractivity contribution in [1.29, 1.82) is 0 Å². The Kier molecular flexibility index (Phi) is 13.4. The molecule has 0 atom stereocenters. The molecule has 0 aromatic heterocycles. The van der Waals surface area contributed by atoms with E-state index < -0.39 is 0 Å². The first kappa shape index (κ1) is 39.5. The van der Waals surface area contributed by atoms with Crippen molar-refractivity contribution >= 4 is 53.6 Å². The van der Waals surface area contributed by atoms with E-state index in [1.165, 1.54) is 0 Å². The molecular weight excluding hydrogens is 721 g/mol. The summed E-state index contributed by atoms with van der Waals surface area (Å²) >= 11 is 0. The van der Waals surface area contributed by atoms with Crippen LogP contribution in [0.25, 0.3) is 28.0 Å². The molecule has 0 N–H and O–H groups in total. The van der Waals surface area contributed by atoms with Gasteiger partial charge >= 0.3 is 0 Å². The third-order valence-corrected chi connectivity index (χ3v) is 9.56. The van der Waals surface area contributed by atoms with Crippen LogP contribution in [0, 0.1) is 0 Å². The fourth-order valence-electron chi connectivity index (χ4n) is 6.53. The Morgan fingerprint density at radius 3 is 1.54 bits per heavy atom. The predicted molar refractivity (Wildman–Crippen MR) is 251 cm³/mol. The number of allylic oxidation sites excluding steroid dienone is 1. The second-order valence-corrected chi connectivity index (χ2v) is 13.7. The predicted octanol–water partition coefficient (Wildman–Crippen LogP) is 12.3. The molecule has 286 valence electrons. The minimum Gasteiger partial charge on any atom is -0.261 e. The van der Waals surface area contributed by atoms with E-state index in [2.05, 4.69) is 114 Å². The topological polar surface area (TPSA) is 74.2 Å². The van der Waals surface area contributed by atoms with Crippen LogP contribution in [0.15, 0.2) is 230 Å². The van der Waals surface area contributed by atoms with Gasteiger partial charge in [-0.3, -0.25) is 9.98 Å². The van der Waals surface area contributed by atoms with Crippen LogP contribution in [0.3, 0.4) is 0 Å². The van der Waals surface area contributed by atoms with Gasteiger partial charge in [0.2, 0.25) is 0 Å². The Hall–Kier alpha value is -7.70. The van der Waals surface area contributed by atoms with Crippen molar-refractivity contribution in [3.05, 3.63) is 233 Å². The first-order chi connectivity index (χ1) is 29.1. The molecule has 0 aliphatic rings. The summed E-state index contributed by atoms with van der Waals surface area (Å²) in [7, 11) is 0. The minimum atomic E-state index is 0.489. The summed E-state index contributed by atoms with van der Waals surface area (Å²) in [5, 5.41) is 2.25. The standard InChI is InChI=1S/C53H44N6/c1-4-17-48(51(55-3)59-52(45-24-15-8-16-25-45)56-37-39-18-9-5-10-19-39)34-41-26-27-43-30-33-47(36-49(43)35-41)42-28-31-46(32-29-42)53(57-38-40-20-11-6-12-21-40)58-50(54-2)44-22-13-7-14-23-44/h4-36H,2-3,37-38H2,1H3/b17-4-,48-34+,56-52?,57-53?,58-50?,59-51?. The molecule has 7 aromatic carbocycles. The minimum absolute atomic E-state index is 0.489. The van der Waals surface area contributed by atoms with E-state index in [1.807, 2.05) is 116 Å². The van der Waals surface area contributed by atoms with Crippen LogP contribution in [-0.4, -0.2) is 36.8 Å². The lowest BCUT2D eigenvalue weighted by Crippen LogP contribution is -2.06. The zero-order valence-corrected chi connectivity index (χ0v) is 33.1. The van der Waals surface area contributed by atoms with E-state index in [4.69, 9.17) is 20.0 Å². The van der Waals surface area contributed by atoms with Gasteiger partial charge in [-0.15, -0.1) is 0 Å². The van der Waals surface area contributed by atoms with Gasteiger partial charge in [0.25, 0.3) is 0 Å². The molecule has 6 heteroatoms. The lowest BCUT2D eigenvalue weighted by Gasteiger charge is -2.09. The maximum Gasteiger partial charge on any atom is 0.161 e. The Morgan fingerprint density at radius 2 is 0.983 bits per heavy atom. The summed E-state index contributed by atoms with van der Waals surface area (Å²) in [5.41, 5.74) is 8.89. The van der Waals surface area contributed by atoms with Gasteiger partial charge in [-0.25, -0.2) is 20.0 Å². The molecule has 0 radical (unpaired) electrons. The molecule has 0 fully saturated rings. The van der Waals surface area contributed by atoms with E-state index in [-0.39, 0.29) is 0 Å². The number of aliphatic imine (C=N–C) groups is 6. The van der Waals surface area contributed by atoms with Crippen molar-refractivity contribution in [3.63, 3.8) is 0 Å². The lowest BCUT2D eigenvalue weighted by molar-refractivity contribution is 1.06. The van der Waals surface area contributed by atoms with E-state index in [9.17, 15) is 0 Å². The number of nitrogens with zero attached hydrogens (tertiary/aromatic N) is 6. The van der Waals surface area contributed by atoms with Gasteiger partial charge in [0.15, 0.2) is 23.3 Å². The Bertz CT molecular complexity index is 2710. The zero-order valence-electron chi connectivity index (χ0n) is 33.1. The average molecular weight is 765 g/mol. The molecule has 0 amide bonds. The van der Waals surface area contributed by atoms with Crippen LogP contribution < -0.4 is 0 Å². The van der Waals surface area contributed by atoms with Gasteiger partial charge in [0.05, 0.1) is 13.1 Å². The molecule has 6 nitrogen and oxygen atoms in total. The normalized spacial score (nSPS) is 12.9. The van der Waals surface area contributed by atoms with Crippen molar-refractivity contribution in [1.82, 2.24) is 0 Å². The number of benzene rings is 7. The highest BCUT2D eigenvalue weighted by Gasteiger charge is 2.11. The first-order valence-electron chi connectivity index (χ1n) is 19.5. The van der Waals surface area contributed by atoms with Crippen molar-refractivity contribution < 1.29 is 0 Å². The Labute approximate surface area is 346 Å². The summed E-state index contributed by atoms with van der Waals surface area (Å²) in [5.74, 6) is 2.20. The average Bonchev–Trinajstić information content (AvgIpc) is 3.30. The van der Waals surface area contributed by atoms with Gasteiger partial charge in [-0.1, -0.05) is 182 Å². The molecule has 7 aromatic rings. The zero-order chi connectivity index (χ0) is 40.7. The van der Waals surface area contributed by atoms with E-state index in [1.54, 1.807) is 0 Å². The second kappa shape index (κ2) is 19.9. The number of hydrogen-bond acceptors (Lipinski definition) is 2. The fourth-order valence-corrected chi connectivity index (χ4v) is 6.53. The molecule has 0 aliphatic carbocycles. The number of hydrogen-bond donors (Lipinski definition) is 0. The quantitative estimate of drug-likeness (QED) is 0.0715. The van der Waals surface area contributed by atoms with Gasteiger partial charge in [-0.05, 0) is 77.2 Å². The molecule has 0 spiro atoms. The van der Waals surface area contributed by atoms with Gasteiger partial charge in [0, 0.05) is 22.3 Å². The first-order valence-corrected chi connectivity index (χ1v) is 19.5. The van der Waals surface area contributed by atoms with Gasteiger partial charge in [-0.2, -0.15) is 0 Å². The molecule has 0 unspecified atom stereocenters. The number of amidine groups is 4. The maximum atomic E-state index is 4.99. The third kappa shape index (κ3) is 10.6. The highest BCUT2D eigenvalue weighted by molar-refractivity contribution is 6.15. The van der Waals surface area contributed by atoms with Crippen molar-refractivity contribution in [2.75, 3.05) is 0 Å². The van der Waals surface area contributed by atoms with Gasteiger partial charge in [0.1, 0.15) is 0 Å². The largest absolute Gasteiger partial charge is 0.261 e. The number of rotatable bonds is 11. The highest BCUT2D eigenvalue weighted by atomic mass is 15.0. The molecule has 0 aliphatic heterocycles. The van der Waals surface area contributed by atoms with Crippen LogP contribution in [0.5, 0.6) is 0 Å². The second-order valence-electron chi connectivity index (χ2n) is 13.7. The maximum absolute atomic E-state index is 4.99. The van der Waals surface area contributed by atoms with Crippen molar-refractivity contribution in [2.24, 2.45) is 30.0 Å². The van der Waals surface area contributed by atoms with Crippen LogP contribution in [0.4, 0.5) is 0 Å². The van der Waals surface area contributed by atoms with Crippen LogP contribution in [0.1, 0.15) is 40.3 Å². The summed E-state index contributed by atoms with van der Waals surface area (Å²) in [6.45, 7) is 10.7. The fraction of sp³-hybridized carbons (Fsp3) is 0.0566. The molecule has 0 heterocycles. The summed E-state index contributed by atoms with van der Waals surface area (Å²) in [4.78, 5) is 28.4. The van der Waals surface area contributed by atoms with Crippen molar-refractivity contribution in [2.45, 2.75) is 20.0 Å². The van der Waals surface area contributed by atoms with Crippen molar-refractivity contribution in [3.8, 4) is 11.1 Å². The highest BCUT2D eigenvalue weighted by Crippen LogP contribution is 2.27. The summed E-state index contributed by atoms with van der Waals surface area (Å²) < 4.78 is 0. The summed E-state index contributed by atoms with van der Waals surface area (Å²) in [6.07, 6.45) is 6.08. The van der Waals surface area contributed by atoms with E-state index in [0.29, 0.717) is 36.4 Å². The van der Waals surface area contributed by atoms with Crippen LogP contribution in [0.2, 0.25) is 0 Å². The Morgan fingerprint density at radius 1 is 0.475 bits per heavy atom. The molecule has 0 bridgehead atoms. The smallest absolute Gasteiger partial charge is 0.161 e. The molecule has 0 saturated heterocycles. The molecule has 59 heavy (non-hydrogen) atoms. The van der Waals surface area contributed by atoms with E-state index in [0.717, 1.165) is 60.9 Å². The lowest BCUT2D eigenvalue weighted by atomic mass is 9.98. The van der Waals surface area contributed by atoms with Crippen LogP contribution in [-0.2, 0) is 13.1 Å². The monoisotopic (exact) mass is 764 g/mol. The molecule has 7 rings (SSSR count).